The molecule has 0 atom stereocenters. The quantitative estimate of drug-likeness (QED) is 0.449. The van der Waals surface area contributed by atoms with Crippen molar-refractivity contribution in [1.82, 2.24) is 25.1 Å². The summed E-state index contributed by atoms with van der Waals surface area (Å²) < 4.78 is 10.7. The van der Waals surface area contributed by atoms with Gasteiger partial charge in [-0.25, -0.2) is 0 Å². The Morgan fingerprint density at radius 1 is 1.07 bits per heavy atom. The molecule has 0 aliphatic heterocycles. The first-order valence-corrected chi connectivity index (χ1v) is 9.47. The average Bonchev–Trinajstić information content (AvgIpc) is 3.46. The molecule has 4 rings (SSSR count). The standard InChI is InChI=1S/C22H21N5O3/c1-29-19-10-5-9-18(13-19)22-23-25-27(24-22)16-21(28)26(15-20-11-6-12-30-20)14-17-7-3-2-4-8-17/h2-13H,14-16H2,1H3. The Bertz CT molecular complexity index is 1090. The predicted molar refractivity (Wildman–Crippen MR) is 109 cm³/mol. The zero-order valence-electron chi connectivity index (χ0n) is 16.5. The van der Waals surface area contributed by atoms with Gasteiger partial charge in [-0.1, -0.05) is 42.5 Å². The molecule has 0 saturated carbocycles. The molecule has 0 spiro atoms. The number of tetrazole rings is 1. The second-order valence-electron chi connectivity index (χ2n) is 6.69. The number of furan rings is 1. The number of ether oxygens (including phenoxy) is 1. The lowest BCUT2D eigenvalue weighted by molar-refractivity contribution is -0.133. The van der Waals surface area contributed by atoms with Gasteiger partial charge in [0.2, 0.25) is 11.7 Å². The maximum atomic E-state index is 13.0. The Morgan fingerprint density at radius 2 is 1.93 bits per heavy atom. The summed E-state index contributed by atoms with van der Waals surface area (Å²) in [5, 5.41) is 12.5. The summed E-state index contributed by atoms with van der Waals surface area (Å²) in [4.78, 5) is 16.0. The molecule has 8 nitrogen and oxygen atoms in total. The molecular weight excluding hydrogens is 382 g/mol. The van der Waals surface area contributed by atoms with Crippen molar-refractivity contribution in [2.75, 3.05) is 7.11 Å². The number of rotatable bonds is 8. The number of aromatic nitrogens is 4. The van der Waals surface area contributed by atoms with E-state index in [9.17, 15) is 4.79 Å². The van der Waals surface area contributed by atoms with E-state index in [1.807, 2.05) is 60.7 Å². The SMILES string of the molecule is COc1cccc(-c2nnn(CC(=O)N(Cc3ccccc3)Cc3ccco3)n2)c1. The van der Waals surface area contributed by atoms with Crippen molar-refractivity contribution in [2.45, 2.75) is 19.6 Å². The molecule has 0 aliphatic rings. The molecule has 0 fully saturated rings. The van der Waals surface area contributed by atoms with Gasteiger partial charge in [0.1, 0.15) is 18.1 Å². The van der Waals surface area contributed by atoms with Crippen LogP contribution in [0.4, 0.5) is 0 Å². The molecule has 0 saturated heterocycles. The van der Waals surface area contributed by atoms with Crippen molar-refractivity contribution in [3.05, 3.63) is 84.3 Å². The van der Waals surface area contributed by atoms with E-state index in [1.54, 1.807) is 24.3 Å². The van der Waals surface area contributed by atoms with Crippen LogP contribution < -0.4 is 4.74 Å². The van der Waals surface area contributed by atoms with E-state index in [4.69, 9.17) is 9.15 Å². The zero-order chi connectivity index (χ0) is 20.8. The van der Waals surface area contributed by atoms with E-state index in [2.05, 4.69) is 15.4 Å². The second-order valence-corrected chi connectivity index (χ2v) is 6.69. The van der Waals surface area contributed by atoms with Gasteiger partial charge in [0.15, 0.2) is 0 Å². The topological polar surface area (TPSA) is 86.3 Å². The predicted octanol–water partition coefficient (Wildman–Crippen LogP) is 3.17. The van der Waals surface area contributed by atoms with Gasteiger partial charge in [-0.15, -0.1) is 10.2 Å². The number of hydrogen-bond donors (Lipinski definition) is 0. The first kappa shape index (κ1) is 19.4. The molecule has 30 heavy (non-hydrogen) atoms. The third kappa shape index (κ3) is 4.72. The van der Waals surface area contributed by atoms with Crippen molar-refractivity contribution in [1.29, 1.82) is 0 Å². The van der Waals surface area contributed by atoms with Gasteiger partial charge in [-0.3, -0.25) is 4.79 Å². The minimum absolute atomic E-state index is 0.0233. The van der Waals surface area contributed by atoms with Crippen LogP contribution in [0.5, 0.6) is 5.75 Å². The third-order valence-corrected chi connectivity index (χ3v) is 4.55. The maximum Gasteiger partial charge on any atom is 0.246 e. The summed E-state index contributed by atoms with van der Waals surface area (Å²) in [6.45, 7) is 0.792. The van der Waals surface area contributed by atoms with Gasteiger partial charge in [0, 0.05) is 12.1 Å². The van der Waals surface area contributed by atoms with Crippen LogP contribution >= 0.6 is 0 Å². The zero-order valence-corrected chi connectivity index (χ0v) is 16.5. The van der Waals surface area contributed by atoms with Crippen LogP contribution in [0.25, 0.3) is 11.4 Å². The van der Waals surface area contributed by atoms with Crippen molar-refractivity contribution in [3.8, 4) is 17.1 Å². The molecule has 2 aromatic heterocycles. The van der Waals surface area contributed by atoms with Crippen LogP contribution in [0, 0.1) is 0 Å². The second kappa shape index (κ2) is 9.04. The fraction of sp³-hybridized carbons (Fsp3) is 0.182. The Morgan fingerprint density at radius 3 is 2.70 bits per heavy atom. The highest BCUT2D eigenvalue weighted by Crippen LogP contribution is 2.20. The van der Waals surface area contributed by atoms with E-state index in [1.165, 1.54) is 4.80 Å². The van der Waals surface area contributed by atoms with Crippen molar-refractivity contribution >= 4 is 5.91 Å². The molecular formula is C22H21N5O3. The lowest BCUT2D eigenvalue weighted by Gasteiger charge is -2.21. The minimum atomic E-state index is -0.134. The number of nitrogens with zero attached hydrogens (tertiary/aromatic N) is 5. The van der Waals surface area contributed by atoms with Gasteiger partial charge >= 0.3 is 0 Å². The van der Waals surface area contributed by atoms with E-state index in [0.29, 0.717) is 30.4 Å². The van der Waals surface area contributed by atoms with Crippen LogP contribution in [0.2, 0.25) is 0 Å². The van der Waals surface area contributed by atoms with Gasteiger partial charge < -0.3 is 14.1 Å². The number of hydrogen-bond acceptors (Lipinski definition) is 6. The molecule has 0 radical (unpaired) electrons. The summed E-state index contributed by atoms with van der Waals surface area (Å²) in [5.41, 5.74) is 1.80. The van der Waals surface area contributed by atoms with Crippen LogP contribution in [0.1, 0.15) is 11.3 Å². The van der Waals surface area contributed by atoms with Crippen LogP contribution in [0.3, 0.4) is 0 Å². The first-order valence-electron chi connectivity index (χ1n) is 9.47. The van der Waals surface area contributed by atoms with Crippen molar-refractivity contribution in [3.63, 3.8) is 0 Å². The van der Waals surface area contributed by atoms with Crippen LogP contribution in [0.15, 0.2) is 77.4 Å². The van der Waals surface area contributed by atoms with Crippen LogP contribution in [-0.4, -0.2) is 38.1 Å². The molecule has 8 heteroatoms. The molecule has 0 bridgehead atoms. The number of benzene rings is 2. The highest BCUT2D eigenvalue weighted by Gasteiger charge is 2.18. The lowest BCUT2D eigenvalue weighted by Crippen LogP contribution is -2.33. The number of methoxy groups -OCH3 is 1. The summed E-state index contributed by atoms with van der Waals surface area (Å²) in [6.07, 6.45) is 1.60. The molecule has 0 unspecified atom stereocenters. The van der Waals surface area contributed by atoms with Gasteiger partial charge in [-0.05, 0) is 35.0 Å². The minimum Gasteiger partial charge on any atom is -0.497 e. The van der Waals surface area contributed by atoms with E-state index >= 15 is 0 Å². The lowest BCUT2D eigenvalue weighted by atomic mass is 10.2. The van der Waals surface area contributed by atoms with E-state index in [-0.39, 0.29) is 12.5 Å². The number of carbonyl (C=O) groups excluding carboxylic acids is 1. The maximum absolute atomic E-state index is 13.0. The first-order chi connectivity index (χ1) is 14.7. The smallest absolute Gasteiger partial charge is 0.246 e. The highest BCUT2D eigenvalue weighted by molar-refractivity contribution is 5.75. The normalized spacial score (nSPS) is 10.7. The Hall–Kier alpha value is -3.94. The average molecular weight is 403 g/mol. The molecule has 1 amide bonds. The molecule has 152 valence electrons. The Labute approximate surface area is 173 Å². The van der Waals surface area contributed by atoms with Gasteiger partial charge in [0.25, 0.3) is 0 Å². The van der Waals surface area contributed by atoms with E-state index in [0.717, 1.165) is 11.1 Å². The molecule has 2 aromatic carbocycles. The Balaban J connectivity index is 1.49. The summed E-state index contributed by atoms with van der Waals surface area (Å²) in [6, 6.07) is 20.8. The highest BCUT2D eigenvalue weighted by atomic mass is 16.5. The van der Waals surface area contributed by atoms with Gasteiger partial charge in [0.05, 0.1) is 19.9 Å². The monoisotopic (exact) mass is 403 g/mol. The number of amides is 1. The van der Waals surface area contributed by atoms with E-state index < -0.39 is 0 Å². The Kier molecular flexibility index (Phi) is 5.84. The fourth-order valence-corrected chi connectivity index (χ4v) is 3.04. The van der Waals surface area contributed by atoms with Crippen molar-refractivity contribution < 1.29 is 13.9 Å². The summed E-state index contributed by atoms with van der Waals surface area (Å²) in [5.74, 6) is 1.71. The molecule has 0 N–H and O–H groups in total. The molecule has 2 heterocycles. The molecule has 4 aromatic rings. The van der Waals surface area contributed by atoms with Crippen LogP contribution in [-0.2, 0) is 24.4 Å². The van der Waals surface area contributed by atoms with Crippen molar-refractivity contribution in [2.24, 2.45) is 0 Å². The third-order valence-electron chi connectivity index (χ3n) is 4.55. The summed E-state index contributed by atoms with van der Waals surface area (Å²) in [7, 11) is 1.60. The number of carbonyl (C=O) groups is 1. The summed E-state index contributed by atoms with van der Waals surface area (Å²) >= 11 is 0. The molecule has 0 aliphatic carbocycles. The largest absolute Gasteiger partial charge is 0.497 e. The fourth-order valence-electron chi connectivity index (χ4n) is 3.04. The van der Waals surface area contributed by atoms with Gasteiger partial charge in [-0.2, -0.15) is 4.80 Å².